The van der Waals surface area contributed by atoms with E-state index in [1.165, 1.54) is 16.3 Å². The molecule has 0 saturated carbocycles. The molecule has 1 N–H and O–H groups in total. The van der Waals surface area contributed by atoms with Crippen LogP contribution in [-0.2, 0) is 0 Å². The summed E-state index contributed by atoms with van der Waals surface area (Å²) in [6.45, 7) is 0.108. The Morgan fingerprint density at radius 1 is 0.810 bits per heavy atom. The van der Waals surface area contributed by atoms with Crippen LogP contribution in [0.15, 0.2) is 78.9 Å². The smallest absolute Gasteiger partial charge is 0.0534 e. The van der Waals surface area contributed by atoms with Crippen LogP contribution in [-0.4, -0.2) is 11.7 Å². The van der Waals surface area contributed by atoms with Gasteiger partial charge >= 0.3 is 0 Å². The van der Waals surface area contributed by atoms with Crippen molar-refractivity contribution in [1.82, 2.24) is 0 Å². The van der Waals surface area contributed by atoms with Gasteiger partial charge < -0.3 is 5.11 Å². The van der Waals surface area contributed by atoms with Crippen molar-refractivity contribution >= 4 is 16.8 Å². The zero-order chi connectivity index (χ0) is 14.5. The third-order valence-electron chi connectivity index (χ3n) is 3.74. The maximum Gasteiger partial charge on any atom is 0.0534 e. The van der Waals surface area contributed by atoms with E-state index in [-0.39, 0.29) is 12.5 Å². The molecule has 1 nitrogen and oxygen atoms in total. The van der Waals surface area contributed by atoms with Gasteiger partial charge in [-0.3, -0.25) is 0 Å². The second kappa shape index (κ2) is 6.38. The lowest BCUT2D eigenvalue weighted by atomic mass is 9.93. The molecule has 3 aromatic carbocycles. The molecule has 0 fully saturated rings. The van der Waals surface area contributed by atoms with Gasteiger partial charge in [0.15, 0.2) is 0 Å². The predicted octanol–water partition coefficient (Wildman–Crippen LogP) is 4.63. The predicted molar refractivity (Wildman–Crippen MR) is 89.3 cm³/mol. The average Bonchev–Trinajstić information content (AvgIpc) is 2.56. The fraction of sp³-hybridized carbons (Fsp3) is 0.100. The lowest BCUT2D eigenvalue weighted by Crippen LogP contribution is -2.01. The van der Waals surface area contributed by atoms with Crippen molar-refractivity contribution in [3.8, 4) is 0 Å². The second-order valence-electron chi connectivity index (χ2n) is 5.13. The van der Waals surface area contributed by atoms with Gasteiger partial charge in [-0.05, 0) is 21.9 Å². The van der Waals surface area contributed by atoms with Crippen molar-refractivity contribution in [3.63, 3.8) is 0 Å². The van der Waals surface area contributed by atoms with Gasteiger partial charge in [0.1, 0.15) is 0 Å². The average molecular weight is 274 g/mol. The molecule has 0 aliphatic rings. The highest BCUT2D eigenvalue weighted by Crippen LogP contribution is 2.27. The van der Waals surface area contributed by atoms with Crippen molar-refractivity contribution in [3.05, 3.63) is 90.0 Å². The van der Waals surface area contributed by atoms with Gasteiger partial charge in [0.25, 0.3) is 0 Å². The van der Waals surface area contributed by atoms with Crippen LogP contribution in [0.5, 0.6) is 0 Å². The SMILES string of the molecule is OCC(C=Cc1ccccc1)c1cccc2ccccc12. The van der Waals surface area contributed by atoms with Gasteiger partial charge in [0, 0.05) is 5.92 Å². The molecule has 1 heteroatoms. The quantitative estimate of drug-likeness (QED) is 0.735. The molecule has 0 bridgehead atoms. The van der Waals surface area contributed by atoms with E-state index in [1.54, 1.807) is 0 Å². The van der Waals surface area contributed by atoms with E-state index in [0.29, 0.717) is 0 Å². The minimum absolute atomic E-state index is 0.0105. The Hall–Kier alpha value is -2.38. The largest absolute Gasteiger partial charge is 0.395 e. The summed E-state index contributed by atoms with van der Waals surface area (Å²) in [6, 6.07) is 24.7. The normalized spacial score (nSPS) is 12.8. The summed E-state index contributed by atoms with van der Waals surface area (Å²) in [5, 5.41) is 12.2. The number of rotatable bonds is 4. The standard InChI is InChI=1S/C20H18O/c21-15-18(14-13-16-7-2-1-3-8-16)20-12-6-10-17-9-4-5-11-19(17)20/h1-14,18,21H,15H2. The zero-order valence-electron chi connectivity index (χ0n) is 11.8. The molecule has 0 aliphatic heterocycles. The second-order valence-corrected chi connectivity index (χ2v) is 5.13. The molecule has 1 unspecified atom stereocenters. The summed E-state index contributed by atoms with van der Waals surface area (Å²) < 4.78 is 0. The molecule has 21 heavy (non-hydrogen) atoms. The van der Waals surface area contributed by atoms with E-state index in [0.717, 1.165) is 5.56 Å². The molecule has 0 amide bonds. The third-order valence-corrected chi connectivity index (χ3v) is 3.74. The Labute approximate surface area is 125 Å². The van der Waals surface area contributed by atoms with Gasteiger partial charge in [-0.2, -0.15) is 0 Å². The summed E-state index contributed by atoms with van der Waals surface area (Å²) in [4.78, 5) is 0. The van der Waals surface area contributed by atoms with E-state index in [1.807, 2.05) is 30.3 Å². The van der Waals surface area contributed by atoms with Crippen LogP contribution >= 0.6 is 0 Å². The fourth-order valence-electron chi connectivity index (χ4n) is 2.63. The topological polar surface area (TPSA) is 20.2 Å². The summed E-state index contributed by atoms with van der Waals surface area (Å²) in [7, 11) is 0. The molecule has 0 saturated heterocycles. The summed E-state index contributed by atoms with van der Waals surface area (Å²) in [6.07, 6.45) is 4.15. The first-order chi connectivity index (χ1) is 10.4. The molecular weight excluding hydrogens is 256 g/mol. The summed E-state index contributed by atoms with van der Waals surface area (Å²) in [5.74, 6) is 0.0105. The van der Waals surface area contributed by atoms with Crippen LogP contribution in [0.25, 0.3) is 16.8 Å². The van der Waals surface area contributed by atoms with E-state index < -0.39 is 0 Å². The van der Waals surface area contributed by atoms with Crippen molar-refractivity contribution in [1.29, 1.82) is 0 Å². The summed E-state index contributed by atoms with van der Waals surface area (Å²) >= 11 is 0. The molecule has 0 radical (unpaired) electrons. The number of hydrogen-bond donors (Lipinski definition) is 1. The van der Waals surface area contributed by atoms with Gasteiger partial charge in [0.05, 0.1) is 6.61 Å². The minimum atomic E-state index is 0.0105. The molecule has 1 atom stereocenters. The van der Waals surface area contributed by atoms with E-state index in [9.17, 15) is 5.11 Å². The molecule has 3 aromatic rings. The van der Waals surface area contributed by atoms with Crippen LogP contribution in [0.4, 0.5) is 0 Å². The molecule has 3 rings (SSSR count). The van der Waals surface area contributed by atoms with Crippen LogP contribution in [0.1, 0.15) is 17.0 Å². The number of aliphatic hydroxyl groups excluding tert-OH is 1. The van der Waals surface area contributed by atoms with Crippen molar-refractivity contribution in [2.75, 3.05) is 6.61 Å². The number of fused-ring (bicyclic) bond motifs is 1. The fourth-order valence-corrected chi connectivity index (χ4v) is 2.63. The highest BCUT2D eigenvalue weighted by atomic mass is 16.3. The highest BCUT2D eigenvalue weighted by molar-refractivity contribution is 5.86. The maximum absolute atomic E-state index is 9.77. The zero-order valence-corrected chi connectivity index (χ0v) is 11.8. The molecular formula is C20H18O. The number of hydrogen-bond acceptors (Lipinski definition) is 1. The Bertz CT molecular complexity index is 739. The molecule has 0 heterocycles. The minimum Gasteiger partial charge on any atom is -0.395 e. The summed E-state index contributed by atoms with van der Waals surface area (Å²) in [5.41, 5.74) is 2.32. The molecule has 0 aromatic heterocycles. The molecule has 0 spiro atoms. The Morgan fingerprint density at radius 3 is 2.33 bits per heavy atom. The first-order valence-electron chi connectivity index (χ1n) is 7.20. The van der Waals surface area contributed by atoms with Crippen molar-refractivity contribution in [2.45, 2.75) is 5.92 Å². The van der Waals surface area contributed by atoms with Crippen molar-refractivity contribution in [2.24, 2.45) is 0 Å². The van der Waals surface area contributed by atoms with Crippen LogP contribution in [0.3, 0.4) is 0 Å². The highest BCUT2D eigenvalue weighted by Gasteiger charge is 2.10. The Morgan fingerprint density at radius 2 is 1.52 bits per heavy atom. The van der Waals surface area contributed by atoms with Crippen molar-refractivity contribution < 1.29 is 5.11 Å². The number of benzene rings is 3. The molecule has 104 valence electrons. The third kappa shape index (κ3) is 3.04. The lowest BCUT2D eigenvalue weighted by Gasteiger charge is -2.13. The Balaban J connectivity index is 1.97. The van der Waals surface area contributed by atoms with Gasteiger partial charge in [0.2, 0.25) is 0 Å². The molecule has 0 aliphatic carbocycles. The maximum atomic E-state index is 9.77. The first-order valence-corrected chi connectivity index (χ1v) is 7.20. The van der Waals surface area contributed by atoms with Crippen LogP contribution in [0, 0.1) is 0 Å². The lowest BCUT2D eigenvalue weighted by molar-refractivity contribution is 0.284. The Kier molecular flexibility index (Phi) is 4.13. The number of aliphatic hydroxyl groups is 1. The van der Waals surface area contributed by atoms with Gasteiger partial charge in [-0.25, -0.2) is 0 Å². The van der Waals surface area contributed by atoms with Crippen LogP contribution in [0.2, 0.25) is 0 Å². The van der Waals surface area contributed by atoms with E-state index >= 15 is 0 Å². The van der Waals surface area contributed by atoms with E-state index in [2.05, 4.69) is 54.6 Å². The first kappa shape index (κ1) is 13.6. The monoisotopic (exact) mass is 274 g/mol. The van der Waals surface area contributed by atoms with E-state index in [4.69, 9.17) is 0 Å². The van der Waals surface area contributed by atoms with Gasteiger partial charge in [-0.1, -0.05) is 84.9 Å². The van der Waals surface area contributed by atoms with Crippen LogP contribution < -0.4 is 0 Å². The van der Waals surface area contributed by atoms with Gasteiger partial charge in [-0.15, -0.1) is 0 Å².